The van der Waals surface area contributed by atoms with Gasteiger partial charge in [0.25, 0.3) is 5.69 Å². The molecule has 0 amide bonds. The van der Waals surface area contributed by atoms with Crippen LogP contribution < -0.4 is 5.32 Å². The summed E-state index contributed by atoms with van der Waals surface area (Å²) in [6.07, 6.45) is 3.86. The molecule has 0 aliphatic heterocycles. The van der Waals surface area contributed by atoms with E-state index in [1.165, 1.54) is 25.3 Å². The van der Waals surface area contributed by atoms with Gasteiger partial charge in [-0.05, 0) is 37.3 Å². The van der Waals surface area contributed by atoms with Crippen LogP contribution in [0, 0.1) is 16.0 Å². The molecule has 0 heterocycles. The third-order valence-corrected chi connectivity index (χ3v) is 4.08. The lowest BCUT2D eigenvalue weighted by molar-refractivity contribution is -0.384. The number of nitrogens with zero attached hydrogens (tertiary/aromatic N) is 1. The minimum atomic E-state index is -0.394. The van der Waals surface area contributed by atoms with E-state index in [1.807, 2.05) is 0 Å². The van der Waals surface area contributed by atoms with E-state index in [9.17, 15) is 10.1 Å². The zero-order valence-corrected chi connectivity index (χ0v) is 11.1. The first-order valence-electron chi connectivity index (χ1n) is 6.24. The Kier molecular flexibility index (Phi) is 4.19. The summed E-state index contributed by atoms with van der Waals surface area (Å²) in [7, 11) is 0. The highest BCUT2D eigenvalue weighted by Crippen LogP contribution is 2.30. The molecule has 4 nitrogen and oxygen atoms in total. The number of hydrogen-bond acceptors (Lipinski definition) is 3. The maximum atomic E-state index is 10.7. The van der Waals surface area contributed by atoms with Gasteiger partial charge >= 0.3 is 0 Å². The van der Waals surface area contributed by atoms with Crippen LogP contribution in [0.3, 0.4) is 0 Å². The molecule has 1 saturated carbocycles. The Morgan fingerprint density at radius 1 is 1.56 bits per heavy atom. The van der Waals surface area contributed by atoms with E-state index in [1.54, 1.807) is 12.1 Å². The quantitative estimate of drug-likeness (QED) is 0.657. The Morgan fingerprint density at radius 2 is 2.28 bits per heavy atom. The van der Waals surface area contributed by atoms with Crippen molar-refractivity contribution in [2.75, 3.05) is 0 Å². The highest BCUT2D eigenvalue weighted by molar-refractivity contribution is 6.31. The molecule has 1 fully saturated rings. The van der Waals surface area contributed by atoms with Crippen molar-refractivity contribution in [1.82, 2.24) is 5.32 Å². The van der Waals surface area contributed by atoms with Crippen LogP contribution in [0.5, 0.6) is 0 Å². The Hall–Kier alpha value is -1.13. The monoisotopic (exact) mass is 268 g/mol. The second kappa shape index (κ2) is 5.67. The third-order valence-electron chi connectivity index (χ3n) is 3.71. The topological polar surface area (TPSA) is 55.2 Å². The lowest BCUT2D eigenvalue weighted by Gasteiger charge is -2.32. The SMILES string of the molecule is CC(NCc1cc([N+](=O)[O-])ccc1Cl)C1CCC1. The zero-order valence-electron chi connectivity index (χ0n) is 10.4. The van der Waals surface area contributed by atoms with Gasteiger partial charge in [0.2, 0.25) is 0 Å². The van der Waals surface area contributed by atoms with E-state index in [2.05, 4.69) is 12.2 Å². The van der Waals surface area contributed by atoms with Crippen LogP contribution in [0.25, 0.3) is 0 Å². The van der Waals surface area contributed by atoms with Gasteiger partial charge in [0.1, 0.15) is 0 Å². The Bertz CT molecular complexity index is 447. The first-order chi connectivity index (χ1) is 8.58. The summed E-state index contributed by atoms with van der Waals surface area (Å²) < 4.78 is 0. The number of nitro groups is 1. The number of nitrogens with one attached hydrogen (secondary N) is 1. The summed E-state index contributed by atoms with van der Waals surface area (Å²) >= 11 is 6.05. The van der Waals surface area contributed by atoms with Gasteiger partial charge in [-0.2, -0.15) is 0 Å². The van der Waals surface area contributed by atoms with Crippen LogP contribution in [0.4, 0.5) is 5.69 Å². The number of hydrogen-bond donors (Lipinski definition) is 1. The average Bonchev–Trinajstić information content (AvgIpc) is 2.25. The molecule has 2 rings (SSSR count). The van der Waals surface area contributed by atoms with Gasteiger partial charge in [-0.1, -0.05) is 18.0 Å². The van der Waals surface area contributed by atoms with Crippen LogP contribution in [-0.2, 0) is 6.54 Å². The second-order valence-corrected chi connectivity index (χ2v) is 5.30. The maximum Gasteiger partial charge on any atom is 0.269 e. The molecule has 0 saturated heterocycles. The minimum absolute atomic E-state index is 0.0903. The van der Waals surface area contributed by atoms with Gasteiger partial charge in [0, 0.05) is 29.7 Å². The van der Waals surface area contributed by atoms with Crippen LogP contribution in [0.15, 0.2) is 18.2 Å². The molecule has 0 radical (unpaired) electrons. The van der Waals surface area contributed by atoms with E-state index in [0.717, 1.165) is 11.5 Å². The molecule has 5 heteroatoms. The lowest BCUT2D eigenvalue weighted by atomic mass is 9.80. The van der Waals surface area contributed by atoms with Crippen molar-refractivity contribution in [3.8, 4) is 0 Å². The smallest absolute Gasteiger partial charge is 0.269 e. The molecule has 0 aromatic heterocycles. The molecule has 0 spiro atoms. The molecular weight excluding hydrogens is 252 g/mol. The number of rotatable bonds is 5. The fourth-order valence-electron chi connectivity index (χ4n) is 2.19. The van der Waals surface area contributed by atoms with Crippen molar-refractivity contribution in [2.45, 2.75) is 38.8 Å². The molecular formula is C13H17ClN2O2. The molecule has 1 aromatic rings. The van der Waals surface area contributed by atoms with Crippen LogP contribution in [0.2, 0.25) is 5.02 Å². The molecule has 1 unspecified atom stereocenters. The van der Waals surface area contributed by atoms with Crippen molar-refractivity contribution in [3.63, 3.8) is 0 Å². The third kappa shape index (κ3) is 3.00. The molecule has 1 atom stereocenters. The molecule has 18 heavy (non-hydrogen) atoms. The minimum Gasteiger partial charge on any atom is -0.310 e. The fourth-order valence-corrected chi connectivity index (χ4v) is 2.37. The summed E-state index contributed by atoms with van der Waals surface area (Å²) in [6.45, 7) is 2.74. The summed E-state index contributed by atoms with van der Waals surface area (Å²) in [4.78, 5) is 10.3. The van der Waals surface area contributed by atoms with Crippen molar-refractivity contribution >= 4 is 17.3 Å². The van der Waals surface area contributed by atoms with E-state index >= 15 is 0 Å². The van der Waals surface area contributed by atoms with Gasteiger partial charge in [0.15, 0.2) is 0 Å². The summed E-state index contributed by atoms with van der Waals surface area (Å²) in [5, 5.41) is 14.7. The second-order valence-electron chi connectivity index (χ2n) is 4.89. The summed E-state index contributed by atoms with van der Waals surface area (Å²) in [5.41, 5.74) is 0.879. The zero-order chi connectivity index (χ0) is 13.1. The van der Waals surface area contributed by atoms with Gasteiger partial charge in [0.05, 0.1) is 4.92 Å². The molecule has 1 N–H and O–H groups in total. The van der Waals surface area contributed by atoms with Crippen molar-refractivity contribution in [2.24, 2.45) is 5.92 Å². The summed E-state index contributed by atoms with van der Waals surface area (Å²) in [5.74, 6) is 0.738. The molecule has 1 aliphatic rings. The first kappa shape index (κ1) is 13.3. The van der Waals surface area contributed by atoms with Crippen molar-refractivity contribution < 1.29 is 4.92 Å². The van der Waals surface area contributed by atoms with Crippen LogP contribution >= 0.6 is 11.6 Å². The molecule has 0 bridgehead atoms. The van der Waals surface area contributed by atoms with Crippen molar-refractivity contribution in [3.05, 3.63) is 38.9 Å². The number of halogens is 1. The molecule has 1 aliphatic carbocycles. The predicted molar refractivity (Wildman–Crippen MR) is 71.7 cm³/mol. The lowest BCUT2D eigenvalue weighted by Crippen LogP contribution is -2.36. The molecule has 1 aromatic carbocycles. The highest BCUT2D eigenvalue weighted by Gasteiger charge is 2.23. The molecule has 98 valence electrons. The predicted octanol–water partition coefficient (Wildman–Crippen LogP) is 3.53. The van der Waals surface area contributed by atoms with Gasteiger partial charge in [-0.3, -0.25) is 10.1 Å². The summed E-state index contributed by atoms with van der Waals surface area (Å²) in [6, 6.07) is 5.00. The van der Waals surface area contributed by atoms with E-state index in [0.29, 0.717) is 17.6 Å². The van der Waals surface area contributed by atoms with E-state index < -0.39 is 4.92 Å². The van der Waals surface area contributed by atoms with Gasteiger partial charge < -0.3 is 5.32 Å². The van der Waals surface area contributed by atoms with Crippen LogP contribution in [-0.4, -0.2) is 11.0 Å². The van der Waals surface area contributed by atoms with Crippen LogP contribution in [0.1, 0.15) is 31.7 Å². The van der Waals surface area contributed by atoms with Gasteiger partial charge in [-0.15, -0.1) is 0 Å². The maximum absolute atomic E-state index is 10.7. The number of benzene rings is 1. The Morgan fingerprint density at radius 3 is 2.83 bits per heavy atom. The largest absolute Gasteiger partial charge is 0.310 e. The Labute approximate surface area is 111 Å². The first-order valence-corrected chi connectivity index (χ1v) is 6.62. The number of non-ortho nitro benzene ring substituents is 1. The normalized spacial score (nSPS) is 17.2. The van der Waals surface area contributed by atoms with E-state index in [-0.39, 0.29) is 5.69 Å². The highest BCUT2D eigenvalue weighted by atomic mass is 35.5. The fraction of sp³-hybridized carbons (Fsp3) is 0.538. The average molecular weight is 269 g/mol. The standard InChI is InChI=1S/C13H17ClN2O2/c1-9(10-3-2-4-10)15-8-11-7-12(16(17)18)5-6-13(11)14/h5-7,9-10,15H,2-4,8H2,1H3. The number of nitro benzene ring substituents is 1. The Balaban J connectivity index is 1.99. The van der Waals surface area contributed by atoms with E-state index in [4.69, 9.17) is 11.6 Å². The van der Waals surface area contributed by atoms with Crippen molar-refractivity contribution in [1.29, 1.82) is 0 Å². The van der Waals surface area contributed by atoms with Gasteiger partial charge in [-0.25, -0.2) is 0 Å².